The zero-order valence-electron chi connectivity index (χ0n) is 10.6. The van der Waals surface area contributed by atoms with E-state index in [1.54, 1.807) is 42.2 Å². The van der Waals surface area contributed by atoms with Gasteiger partial charge in [-0.2, -0.15) is 0 Å². The third-order valence-corrected chi connectivity index (χ3v) is 4.60. The number of rotatable bonds is 4. The first-order chi connectivity index (χ1) is 8.99. The molecule has 0 bridgehead atoms. The number of sulfone groups is 1. The zero-order valence-corrected chi connectivity index (χ0v) is 12.3. The molecule has 2 rings (SSSR count). The van der Waals surface area contributed by atoms with E-state index in [0.717, 1.165) is 15.6 Å². The fourth-order valence-electron chi connectivity index (χ4n) is 1.50. The zero-order chi connectivity index (χ0) is 13.9. The van der Waals surface area contributed by atoms with Gasteiger partial charge in [-0.1, -0.05) is 11.8 Å². The second-order valence-corrected chi connectivity index (χ2v) is 7.14. The Bertz CT molecular complexity index is 667. The highest BCUT2D eigenvalue weighted by Gasteiger charge is 2.06. The van der Waals surface area contributed by atoms with E-state index in [1.165, 1.54) is 6.26 Å². The summed E-state index contributed by atoms with van der Waals surface area (Å²) < 4.78 is 22.7. The summed E-state index contributed by atoms with van der Waals surface area (Å²) in [5.74, 6) is 0.803. The number of hydrogen-bond donors (Lipinski definition) is 1. The van der Waals surface area contributed by atoms with E-state index in [2.05, 4.69) is 10.3 Å². The van der Waals surface area contributed by atoms with Gasteiger partial charge in [0.25, 0.3) is 0 Å². The second kappa shape index (κ2) is 5.63. The fraction of sp³-hybridized carbons (Fsp3) is 0.154. The van der Waals surface area contributed by atoms with Crippen molar-refractivity contribution in [3.8, 4) is 0 Å². The van der Waals surface area contributed by atoms with Crippen molar-refractivity contribution in [2.45, 2.75) is 14.7 Å². The molecule has 0 unspecified atom stereocenters. The Balaban J connectivity index is 2.19. The van der Waals surface area contributed by atoms with Crippen molar-refractivity contribution in [2.75, 3.05) is 18.6 Å². The van der Waals surface area contributed by atoms with Gasteiger partial charge < -0.3 is 5.32 Å². The molecule has 0 aliphatic carbocycles. The van der Waals surface area contributed by atoms with Crippen LogP contribution in [0.1, 0.15) is 0 Å². The van der Waals surface area contributed by atoms with Crippen LogP contribution in [0.3, 0.4) is 0 Å². The molecule has 1 aromatic carbocycles. The molecule has 100 valence electrons. The van der Waals surface area contributed by atoms with Gasteiger partial charge in [-0.15, -0.1) is 0 Å². The van der Waals surface area contributed by atoms with Crippen LogP contribution in [0.15, 0.2) is 57.3 Å². The van der Waals surface area contributed by atoms with E-state index < -0.39 is 9.84 Å². The average molecular weight is 294 g/mol. The van der Waals surface area contributed by atoms with Gasteiger partial charge in [-0.05, 0) is 36.4 Å². The Hall–Kier alpha value is -1.53. The van der Waals surface area contributed by atoms with Crippen LogP contribution in [0.2, 0.25) is 0 Å². The molecule has 19 heavy (non-hydrogen) atoms. The van der Waals surface area contributed by atoms with Crippen LogP contribution in [-0.2, 0) is 9.84 Å². The van der Waals surface area contributed by atoms with Crippen LogP contribution in [0.25, 0.3) is 0 Å². The van der Waals surface area contributed by atoms with E-state index in [-0.39, 0.29) is 0 Å². The highest BCUT2D eigenvalue weighted by molar-refractivity contribution is 7.99. The molecule has 0 aliphatic rings. The summed E-state index contributed by atoms with van der Waals surface area (Å²) in [5, 5.41) is 2.98. The number of benzene rings is 1. The number of aromatic nitrogens is 1. The normalized spacial score (nSPS) is 11.3. The lowest BCUT2D eigenvalue weighted by Gasteiger charge is -2.05. The van der Waals surface area contributed by atoms with Crippen molar-refractivity contribution < 1.29 is 8.42 Å². The molecule has 0 fully saturated rings. The molecule has 2 aromatic rings. The molecular weight excluding hydrogens is 280 g/mol. The summed E-state index contributed by atoms with van der Waals surface area (Å²) in [6.07, 6.45) is 2.94. The summed E-state index contributed by atoms with van der Waals surface area (Å²) in [7, 11) is -1.32. The molecule has 0 radical (unpaired) electrons. The lowest BCUT2D eigenvalue weighted by molar-refractivity contribution is 0.602. The highest BCUT2D eigenvalue weighted by atomic mass is 32.2. The molecule has 4 nitrogen and oxygen atoms in total. The summed E-state index contributed by atoms with van der Waals surface area (Å²) in [5.41, 5.74) is 0. The smallest absolute Gasteiger partial charge is 0.175 e. The van der Waals surface area contributed by atoms with E-state index in [4.69, 9.17) is 0 Å². The Labute approximate surface area is 117 Å². The molecule has 0 saturated carbocycles. The SMILES string of the molecule is CNc1cc(Sc2ccc(S(C)(=O)=O)cc2)ccn1. The quantitative estimate of drug-likeness (QED) is 0.939. The van der Waals surface area contributed by atoms with E-state index >= 15 is 0 Å². The first-order valence-corrected chi connectivity index (χ1v) is 8.31. The number of pyridine rings is 1. The first kappa shape index (κ1) is 13.9. The molecule has 0 spiro atoms. The summed E-state index contributed by atoms with van der Waals surface area (Å²) in [6.45, 7) is 0. The monoisotopic (exact) mass is 294 g/mol. The standard InChI is InChI=1S/C13H14N2O2S2/c1-14-13-9-11(7-8-15-13)18-10-3-5-12(6-4-10)19(2,16)17/h3-9H,1-2H3,(H,14,15). The van der Waals surface area contributed by atoms with Crippen LogP contribution in [-0.4, -0.2) is 26.7 Å². The number of anilines is 1. The van der Waals surface area contributed by atoms with Crippen LogP contribution in [0, 0.1) is 0 Å². The minimum absolute atomic E-state index is 0.336. The van der Waals surface area contributed by atoms with Gasteiger partial charge in [-0.25, -0.2) is 13.4 Å². The Kier molecular flexibility index (Phi) is 4.11. The van der Waals surface area contributed by atoms with Crippen molar-refractivity contribution in [1.82, 2.24) is 4.98 Å². The van der Waals surface area contributed by atoms with Gasteiger partial charge in [0.2, 0.25) is 0 Å². The highest BCUT2D eigenvalue weighted by Crippen LogP contribution is 2.29. The average Bonchev–Trinajstić information content (AvgIpc) is 2.38. The van der Waals surface area contributed by atoms with Gasteiger partial charge >= 0.3 is 0 Å². The van der Waals surface area contributed by atoms with E-state index in [9.17, 15) is 8.42 Å². The Morgan fingerprint density at radius 1 is 1.11 bits per heavy atom. The van der Waals surface area contributed by atoms with Gasteiger partial charge in [-0.3, -0.25) is 0 Å². The van der Waals surface area contributed by atoms with Crippen LogP contribution in [0.5, 0.6) is 0 Å². The predicted molar refractivity (Wildman–Crippen MR) is 77.5 cm³/mol. The topological polar surface area (TPSA) is 59.1 Å². The van der Waals surface area contributed by atoms with Crippen molar-refractivity contribution in [1.29, 1.82) is 0 Å². The van der Waals surface area contributed by atoms with Crippen LogP contribution >= 0.6 is 11.8 Å². The van der Waals surface area contributed by atoms with E-state index in [0.29, 0.717) is 4.90 Å². The second-order valence-electron chi connectivity index (χ2n) is 3.97. The molecule has 0 aliphatic heterocycles. The Morgan fingerprint density at radius 2 is 1.79 bits per heavy atom. The lowest BCUT2D eigenvalue weighted by atomic mass is 10.4. The minimum Gasteiger partial charge on any atom is -0.373 e. The van der Waals surface area contributed by atoms with Crippen molar-refractivity contribution in [3.05, 3.63) is 42.6 Å². The van der Waals surface area contributed by atoms with Crippen LogP contribution in [0.4, 0.5) is 5.82 Å². The molecule has 1 heterocycles. The largest absolute Gasteiger partial charge is 0.373 e. The minimum atomic E-state index is -3.13. The van der Waals surface area contributed by atoms with Gasteiger partial charge in [0, 0.05) is 29.3 Å². The third-order valence-electron chi connectivity index (χ3n) is 2.48. The first-order valence-electron chi connectivity index (χ1n) is 5.61. The fourth-order valence-corrected chi connectivity index (χ4v) is 2.98. The lowest BCUT2D eigenvalue weighted by Crippen LogP contribution is -1.96. The molecule has 0 atom stereocenters. The molecule has 0 saturated heterocycles. The predicted octanol–water partition coefficient (Wildman–Crippen LogP) is 2.68. The third kappa shape index (κ3) is 3.71. The maximum atomic E-state index is 11.4. The maximum Gasteiger partial charge on any atom is 0.175 e. The van der Waals surface area contributed by atoms with Crippen molar-refractivity contribution in [2.24, 2.45) is 0 Å². The maximum absolute atomic E-state index is 11.4. The van der Waals surface area contributed by atoms with Gasteiger partial charge in [0.1, 0.15) is 5.82 Å². The Morgan fingerprint density at radius 3 is 2.37 bits per heavy atom. The van der Waals surface area contributed by atoms with E-state index in [1.807, 2.05) is 19.2 Å². The molecule has 1 N–H and O–H groups in total. The molecule has 0 amide bonds. The van der Waals surface area contributed by atoms with Crippen molar-refractivity contribution in [3.63, 3.8) is 0 Å². The molecular formula is C13H14N2O2S2. The van der Waals surface area contributed by atoms with Gasteiger partial charge in [0.15, 0.2) is 9.84 Å². The number of nitrogens with one attached hydrogen (secondary N) is 1. The summed E-state index contributed by atoms with van der Waals surface area (Å²) >= 11 is 1.56. The summed E-state index contributed by atoms with van der Waals surface area (Å²) in [6, 6.07) is 10.7. The number of hydrogen-bond acceptors (Lipinski definition) is 5. The summed E-state index contributed by atoms with van der Waals surface area (Å²) in [4.78, 5) is 6.51. The molecule has 6 heteroatoms. The van der Waals surface area contributed by atoms with Crippen molar-refractivity contribution >= 4 is 27.4 Å². The van der Waals surface area contributed by atoms with Crippen LogP contribution < -0.4 is 5.32 Å². The number of nitrogens with zero attached hydrogens (tertiary/aromatic N) is 1. The molecule has 1 aromatic heterocycles. The van der Waals surface area contributed by atoms with Gasteiger partial charge in [0.05, 0.1) is 4.90 Å².